The summed E-state index contributed by atoms with van der Waals surface area (Å²) in [4.78, 5) is 2.50. The maximum Gasteiger partial charge on any atom is 0.0632 e. The number of aliphatic hydroxyl groups is 1. The molecule has 1 unspecified atom stereocenters. The van der Waals surface area contributed by atoms with Crippen LogP contribution in [0.4, 0.5) is 0 Å². The molecule has 14 heavy (non-hydrogen) atoms. The van der Waals surface area contributed by atoms with Crippen LogP contribution in [0.25, 0.3) is 0 Å². The molecule has 0 saturated heterocycles. The minimum atomic E-state index is -0.217. The summed E-state index contributed by atoms with van der Waals surface area (Å²) in [6, 6.07) is 1.84. The van der Waals surface area contributed by atoms with Crippen LogP contribution in [-0.2, 0) is 0 Å². The molecule has 2 rings (SSSR count). The summed E-state index contributed by atoms with van der Waals surface area (Å²) in [7, 11) is 0. The summed E-state index contributed by atoms with van der Waals surface area (Å²) in [6.07, 6.45) is 3.94. The number of rotatable bonds is 3. The monoisotopic (exact) mass is 275 g/mol. The fourth-order valence-electron chi connectivity index (χ4n) is 1.62. The Hall–Kier alpha value is 0.1000. The Balaban J connectivity index is 2.20. The first-order valence-electron chi connectivity index (χ1n) is 4.88. The lowest BCUT2D eigenvalue weighted by Crippen LogP contribution is -2.12. The molecule has 1 aliphatic carbocycles. The standard InChI is InChI=1S/C10H14BrNOS/c11-7-4-9(8(12)5-13)14-10(7)6-2-1-3-6/h4,6,8,13H,1-3,5,12H2. The molecule has 0 spiro atoms. The number of hydrogen-bond acceptors (Lipinski definition) is 3. The van der Waals surface area contributed by atoms with Crippen LogP contribution in [0.2, 0.25) is 0 Å². The minimum absolute atomic E-state index is 0.0249. The Morgan fingerprint density at radius 3 is 2.86 bits per heavy atom. The van der Waals surface area contributed by atoms with E-state index in [1.165, 1.54) is 28.6 Å². The van der Waals surface area contributed by atoms with E-state index < -0.39 is 0 Å². The van der Waals surface area contributed by atoms with Gasteiger partial charge in [-0.3, -0.25) is 0 Å². The van der Waals surface area contributed by atoms with E-state index in [0.717, 1.165) is 10.8 Å². The summed E-state index contributed by atoms with van der Waals surface area (Å²) in [5.74, 6) is 0.731. The number of hydrogen-bond donors (Lipinski definition) is 2. The normalized spacial score (nSPS) is 19.4. The van der Waals surface area contributed by atoms with Gasteiger partial charge in [0.1, 0.15) is 0 Å². The fourth-order valence-corrected chi connectivity index (χ4v) is 3.80. The molecule has 1 aromatic rings. The van der Waals surface area contributed by atoms with E-state index in [0.29, 0.717) is 0 Å². The lowest BCUT2D eigenvalue weighted by Gasteiger charge is -2.24. The highest BCUT2D eigenvalue weighted by atomic mass is 79.9. The summed E-state index contributed by atoms with van der Waals surface area (Å²) >= 11 is 5.31. The van der Waals surface area contributed by atoms with E-state index in [1.54, 1.807) is 11.3 Å². The molecule has 1 aliphatic rings. The highest BCUT2D eigenvalue weighted by molar-refractivity contribution is 9.10. The molecule has 1 heterocycles. The van der Waals surface area contributed by atoms with Gasteiger partial charge in [0.15, 0.2) is 0 Å². The van der Waals surface area contributed by atoms with Crippen LogP contribution in [0.5, 0.6) is 0 Å². The van der Waals surface area contributed by atoms with Gasteiger partial charge in [-0.05, 0) is 40.8 Å². The molecule has 1 atom stereocenters. The molecular weight excluding hydrogens is 262 g/mol. The molecule has 0 amide bonds. The van der Waals surface area contributed by atoms with Crippen LogP contribution < -0.4 is 5.73 Å². The van der Waals surface area contributed by atoms with Crippen LogP contribution in [-0.4, -0.2) is 11.7 Å². The highest BCUT2D eigenvalue weighted by Crippen LogP contribution is 2.44. The zero-order valence-electron chi connectivity index (χ0n) is 7.87. The number of halogens is 1. The number of aliphatic hydroxyl groups excluding tert-OH is 1. The third-order valence-corrected chi connectivity index (χ3v) is 5.12. The first-order valence-corrected chi connectivity index (χ1v) is 6.49. The van der Waals surface area contributed by atoms with Crippen LogP contribution in [0.3, 0.4) is 0 Å². The van der Waals surface area contributed by atoms with Gasteiger partial charge in [-0.15, -0.1) is 11.3 Å². The maximum absolute atomic E-state index is 8.96. The number of thiophene rings is 1. The topological polar surface area (TPSA) is 46.2 Å². The van der Waals surface area contributed by atoms with Crippen LogP contribution in [0, 0.1) is 0 Å². The Labute approximate surface area is 96.3 Å². The van der Waals surface area contributed by atoms with Gasteiger partial charge >= 0.3 is 0 Å². The van der Waals surface area contributed by atoms with Crippen LogP contribution in [0.1, 0.15) is 41.0 Å². The summed E-state index contributed by atoms with van der Waals surface area (Å²) in [5, 5.41) is 8.96. The van der Waals surface area contributed by atoms with Gasteiger partial charge in [-0.2, -0.15) is 0 Å². The van der Waals surface area contributed by atoms with E-state index in [1.807, 2.05) is 0 Å². The molecule has 2 nitrogen and oxygen atoms in total. The average molecular weight is 276 g/mol. The minimum Gasteiger partial charge on any atom is -0.394 e. The SMILES string of the molecule is NC(CO)c1cc(Br)c(C2CCC2)s1. The molecule has 4 heteroatoms. The van der Waals surface area contributed by atoms with Crippen molar-refractivity contribution in [1.29, 1.82) is 0 Å². The van der Waals surface area contributed by atoms with Gasteiger partial charge in [-0.25, -0.2) is 0 Å². The first kappa shape index (κ1) is 10.6. The van der Waals surface area contributed by atoms with Crippen molar-refractivity contribution >= 4 is 27.3 Å². The van der Waals surface area contributed by atoms with E-state index in [9.17, 15) is 0 Å². The average Bonchev–Trinajstić information content (AvgIpc) is 2.44. The molecule has 1 saturated carbocycles. The van der Waals surface area contributed by atoms with Crippen molar-refractivity contribution in [3.8, 4) is 0 Å². The fraction of sp³-hybridized carbons (Fsp3) is 0.600. The van der Waals surface area contributed by atoms with Crippen molar-refractivity contribution in [3.05, 3.63) is 20.3 Å². The summed E-state index contributed by atoms with van der Waals surface area (Å²) in [6.45, 7) is 0.0249. The zero-order chi connectivity index (χ0) is 10.1. The van der Waals surface area contributed by atoms with Gasteiger partial charge in [0.25, 0.3) is 0 Å². The van der Waals surface area contributed by atoms with Crippen LogP contribution in [0.15, 0.2) is 10.5 Å². The highest BCUT2D eigenvalue weighted by Gasteiger charge is 2.24. The molecule has 0 aromatic carbocycles. The molecule has 0 radical (unpaired) electrons. The maximum atomic E-state index is 8.96. The second-order valence-electron chi connectivity index (χ2n) is 3.78. The Morgan fingerprint density at radius 1 is 1.64 bits per heavy atom. The third-order valence-electron chi connectivity index (χ3n) is 2.77. The Bertz CT molecular complexity index is 322. The molecule has 78 valence electrons. The quantitative estimate of drug-likeness (QED) is 0.891. The smallest absolute Gasteiger partial charge is 0.0632 e. The second kappa shape index (κ2) is 4.31. The van der Waals surface area contributed by atoms with Gasteiger partial charge in [-0.1, -0.05) is 6.42 Å². The first-order chi connectivity index (χ1) is 6.72. The Kier molecular flexibility index (Phi) is 3.27. The third kappa shape index (κ3) is 1.89. The van der Waals surface area contributed by atoms with E-state index in [-0.39, 0.29) is 12.6 Å². The molecule has 1 fully saturated rings. The molecule has 3 N–H and O–H groups in total. The van der Waals surface area contributed by atoms with Crippen molar-refractivity contribution in [2.75, 3.05) is 6.61 Å². The summed E-state index contributed by atoms with van der Waals surface area (Å²) < 4.78 is 1.17. The predicted molar refractivity (Wildman–Crippen MR) is 62.6 cm³/mol. The second-order valence-corrected chi connectivity index (χ2v) is 5.75. The van der Waals surface area contributed by atoms with Crippen molar-refractivity contribution in [2.45, 2.75) is 31.2 Å². The van der Waals surface area contributed by atoms with Crippen LogP contribution >= 0.6 is 27.3 Å². The lowest BCUT2D eigenvalue weighted by atomic mass is 9.84. The molecule has 1 aromatic heterocycles. The van der Waals surface area contributed by atoms with Crippen molar-refractivity contribution in [3.63, 3.8) is 0 Å². The largest absolute Gasteiger partial charge is 0.394 e. The molecule has 0 bridgehead atoms. The van der Waals surface area contributed by atoms with Crippen molar-refractivity contribution in [2.24, 2.45) is 5.73 Å². The molecule has 0 aliphatic heterocycles. The zero-order valence-corrected chi connectivity index (χ0v) is 10.3. The number of nitrogens with two attached hydrogens (primary N) is 1. The Morgan fingerprint density at radius 2 is 2.36 bits per heavy atom. The van der Waals surface area contributed by atoms with Gasteiger partial charge in [0.05, 0.1) is 12.6 Å². The van der Waals surface area contributed by atoms with E-state index >= 15 is 0 Å². The van der Waals surface area contributed by atoms with E-state index in [4.69, 9.17) is 10.8 Å². The summed E-state index contributed by atoms with van der Waals surface area (Å²) in [5.41, 5.74) is 5.78. The van der Waals surface area contributed by atoms with Crippen molar-refractivity contribution < 1.29 is 5.11 Å². The van der Waals surface area contributed by atoms with Crippen molar-refractivity contribution in [1.82, 2.24) is 0 Å². The molecular formula is C10H14BrNOS. The predicted octanol–water partition coefficient (Wildman–Crippen LogP) is 2.77. The van der Waals surface area contributed by atoms with E-state index in [2.05, 4.69) is 22.0 Å². The van der Waals surface area contributed by atoms with Gasteiger partial charge in [0.2, 0.25) is 0 Å². The van der Waals surface area contributed by atoms with Gasteiger partial charge < -0.3 is 10.8 Å². The van der Waals surface area contributed by atoms with Gasteiger partial charge in [0, 0.05) is 14.2 Å². The lowest BCUT2D eigenvalue weighted by molar-refractivity contribution is 0.269.